The standard InChI is InChI=1S/C47H42F4N20O/c48-46(49)25-64(26-46)41(37-17-33-21-62(13-15-66(33)58-37)44-52-11-9-39(56-44)60-70-31-5-1-29(2-6-31)68-23-35(70)19-54-68)43(72)42(65-27-47(50,51)28-65)38-18-34-22-63(14-16-67(34)59-38)45-53-12-10-40(57-45)61-71-32-7-3-30(4-8-32)69-24-36(71)20-55-69/h1-12,17-20,23-24,41-42H,13-16,21-22,25-28H2,(H,52,56,60)(H,53,57,61). The Kier molecular flexibility index (Phi) is 9.30. The highest BCUT2D eigenvalue weighted by atomic mass is 19.3. The van der Waals surface area contributed by atoms with Gasteiger partial charge in [0.25, 0.3) is 11.8 Å². The van der Waals surface area contributed by atoms with Gasteiger partial charge in [0.1, 0.15) is 23.1 Å². The minimum atomic E-state index is -3.03. The number of nitrogens with one attached hydrogen (secondary N) is 2. The number of hydrogen-bond donors (Lipinski definition) is 2. The lowest BCUT2D eigenvalue weighted by molar-refractivity contribution is -0.173. The summed E-state index contributed by atoms with van der Waals surface area (Å²) in [7, 11) is 0. The van der Waals surface area contributed by atoms with Gasteiger partial charge in [-0.1, -0.05) is 0 Å². The fourth-order valence-electron chi connectivity index (χ4n) is 10.4. The van der Waals surface area contributed by atoms with E-state index in [-0.39, 0.29) is 11.4 Å². The van der Waals surface area contributed by atoms with Gasteiger partial charge in [0.15, 0.2) is 17.4 Å². The van der Waals surface area contributed by atoms with Gasteiger partial charge >= 0.3 is 0 Å². The summed E-state index contributed by atoms with van der Waals surface area (Å²) in [6.07, 6.45) is 10.7. The van der Waals surface area contributed by atoms with Crippen molar-refractivity contribution < 1.29 is 22.4 Å². The minimum Gasteiger partial charge on any atom is -0.333 e. The summed E-state index contributed by atoms with van der Waals surface area (Å²) in [5.41, 5.74) is 14.0. The number of aromatic nitrogens is 14. The average Bonchev–Trinajstić information content (AvgIpc) is 4.21. The molecule has 0 amide bonds. The number of likely N-dealkylation sites (tertiary alicyclic amines) is 2. The highest BCUT2D eigenvalue weighted by Gasteiger charge is 2.55. The first-order chi connectivity index (χ1) is 34.9. The van der Waals surface area contributed by atoms with Crippen LogP contribution < -0.4 is 20.7 Å². The minimum absolute atomic E-state index is 0.256. The van der Waals surface area contributed by atoms with E-state index in [9.17, 15) is 17.6 Å². The summed E-state index contributed by atoms with van der Waals surface area (Å²) in [5, 5.41) is 18.6. The van der Waals surface area contributed by atoms with Gasteiger partial charge in [-0.3, -0.25) is 44.2 Å². The van der Waals surface area contributed by atoms with E-state index in [1.54, 1.807) is 67.4 Å². The number of rotatable bonds is 12. The third-order valence-corrected chi connectivity index (χ3v) is 13.9. The van der Waals surface area contributed by atoms with Gasteiger partial charge in [-0.15, -0.1) is 0 Å². The molecule has 0 radical (unpaired) electrons. The second-order valence-corrected chi connectivity index (χ2v) is 18.8. The van der Waals surface area contributed by atoms with Crippen LogP contribution in [0.3, 0.4) is 0 Å². The van der Waals surface area contributed by atoms with Crippen LogP contribution in [-0.2, 0) is 31.0 Å². The molecule has 0 saturated carbocycles. The van der Waals surface area contributed by atoms with Crippen LogP contribution in [0.15, 0.2) is 110 Å². The molecule has 8 bridgehead atoms. The van der Waals surface area contributed by atoms with Crippen LogP contribution in [-0.4, -0.2) is 135 Å². The summed E-state index contributed by atoms with van der Waals surface area (Å²) in [5.74, 6) is -4.66. The summed E-state index contributed by atoms with van der Waals surface area (Å²) in [6, 6.07) is 20.3. The van der Waals surface area contributed by atoms with Crippen molar-refractivity contribution in [2.24, 2.45) is 0 Å². The molecule has 2 unspecified atom stereocenters. The molecule has 2 aromatic carbocycles. The molecular weight excluding hydrogens is 937 g/mol. The number of benzene rings is 2. The molecule has 25 heteroatoms. The number of fused-ring (bicyclic) bond motifs is 6. The van der Waals surface area contributed by atoms with Crippen molar-refractivity contribution in [3.05, 3.63) is 133 Å². The molecular formula is C47H42F4N20O. The number of carbonyl (C=O) groups is 1. The van der Waals surface area contributed by atoms with E-state index in [0.717, 1.165) is 33.1 Å². The number of Topliss-reactive ketones (excluding diaryl/α,β-unsaturated/α-hetero) is 1. The molecule has 0 spiro atoms. The normalized spacial score (nSPS) is 18.6. The van der Waals surface area contributed by atoms with Crippen molar-refractivity contribution >= 4 is 62.4 Å². The van der Waals surface area contributed by atoms with Crippen LogP contribution in [0.1, 0.15) is 34.9 Å². The molecule has 2 saturated heterocycles. The summed E-state index contributed by atoms with van der Waals surface area (Å²) in [6.45, 7) is -0.448. The van der Waals surface area contributed by atoms with Crippen molar-refractivity contribution in [3.8, 4) is 0 Å². The van der Waals surface area contributed by atoms with E-state index in [4.69, 9.17) is 20.2 Å². The molecule has 4 aliphatic rings. The van der Waals surface area contributed by atoms with Gasteiger partial charge in [0, 0.05) is 37.6 Å². The number of anilines is 4. The lowest BCUT2D eigenvalue weighted by atomic mass is 9.91. The Morgan fingerprint density at radius 2 is 0.958 bits per heavy atom. The molecule has 0 aliphatic carbocycles. The van der Waals surface area contributed by atoms with Crippen molar-refractivity contribution in [1.29, 1.82) is 0 Å². The Hall–Kier alpha value is -8.45. The second-order valence-electron chi connectivity index (χ2n) is 18.8. The van der Waals surface area contributed by atoms with Crippen molar-refractivity contribution in [3.63, 3.8) is 0 Å². The summed E-state index contributed by atoms with van der Waals surface area (Å²) < 4.78 is 69.9. The van der Waals surface area contributed by atoms with Crippen molar-refractivity contribution in [2.45, 2.75) is 50.1 Å². The van der Waals surface area contributed by atoms with Gasteiger partial charge in [0.05, 0.1) is 122 Å². The van der Waals surface area contributed by atoms with Crippen molar-refractivity contribution in [1.82, 2.24) is 77.9 Å². The number of halogens is 4. The number of nitrogens with zero attached hydrogens (tertiary/aromatic N) is 18. The lowest BCUT2D eigenvalue weighted by Gasteiger charge is -2.46. The molecule has 2 N–H and O–H groups in total. The Bertz CT molecular complexity index is 3450. The van der Waals surface area contributed by atoms with Crippen LogP contribution in [0, 0.1) is 0 Å². The van der Waals surface area contributed by atoms with Gasteiger partial charge < -0.3 is 9.80 Å². The van der Waals surface area contributed by atoms with Crippen LogP contribution in [0.4, 0.5) is 41.1 Å². The predicted molar refractivity (Wildman–Crippen MR) is 254 cm³/mol. The highest BCUT2D eigenvalue weighted by molar-refractivity contribution is 5.91. The maximum absolute atomic E-state index is 15.2. The zero-order chi connectivity index (χ0) is 48.5. The third kappa shape index (κ3) is 7.32. The monoisotopic (exact) mass is 978 g/mol. The fraction of sp³-hybridized carbons (Fsp3) is 0.298. The predicted octanol–water partition coefficient (Wildman–Crippen LogP) is 4.91. The zero-order valence-corrected chi connectivity index (χ0v) is 38.1. The Morgan fingerprint density at radius 1 is 0.542 bits per heavy atom. The largest absolute Gasteiger partial charge is 0.333 e. The molecule has 364 valence electrons. The van der Waals surface area contributed by atoms with E-state index in [2.05, 4.69) is 31.0 Å². The lowest BCUT2D eigenvalue weighted by Crippen LogP contribution is -2.62. The van der Waals surface area contributed by atoms with Crippen LogP contribution in [0.25, 0.3) is 33.1 Å². The maximum atomic E-state index is 15.2. The van der Waals surface area contributed by atoms with Crippen LogP contribution in [0.2, 0.25) is 0 Å². The first-order valence-electron chi connectivity index (χ1n) is 23.4. The quantitative estimate of drug-likeness (QED) is 0.157. The number of carbonyl (C=O) groups excluding carboxylic acids is 1. The van der Waals surface area contributed by atoms with E-state index in [1.807, 2.05) is 80.1 Å². The van der Waals surface area contributed by atoms with E-state index >= 15 is 4.79 Å². The SMILES string of the molecule is O=C(C(c1cc2n(n1)CCN(c1nccc(Nn3c4ccc(cc4)n4cc3cn4)n1)C2)N1CC(F)(F)C1)C(c1cc2n(n1)CCN(c1nccc(Nn3c4ccc(cc4)n4cc3cn4)n1)C2)N1CC(F)(F)C1. The van der Waals surface area contributed by atoms with E-state index < -0.39 is 55.9 Å². The molecule has 72 heavy (non-hydrogen) atoms. The van der Waals surface area contributed by atoms with Gasteiger partial charge in [0.2, 0.25) is 11.9 Å². The Morgan fingerprint density at radius 3 is 1.38 bits per heavy atom. The average molecular weight is 979 g/mol. The van der Waals surface area contributed by atoms with E-state index in [1.165, 1.54) is 9.80 Å². The first kappa shape index (κ1) is 42.4. The van der Waals surface area contributed by atoms with Crippen LogP contribution >= 0.6 is 0 Å². The molecule has 2 fully saturated rings. The highest BCUT2D eigenvalue weighted by Crippen LogP contribution is 2.42. The molecule has 16 rings (SSSR count). The molecule has 4 aliphatic heterocycles. The zero-order valence-electron chi connectivity index (χ0n) is 38.1. The van der Waals surface area contributed by atoms with Gasteiger partial charge in [-0.05, 0) is 60.7 Å². The number of ketones is 1. The smallest absolute Gasteiger partial charge is 0.273 e. The summed E-state index contributed by atoms with van der Waals surface area (Å²) in [4.78, 5) is 40.8. The number of alkyl halides is 4. The molecule has 14 heterocycles. The van der Waals surface area contributed by atoms with Crippen molar-refractivity contribution in [2.75, 3.05) is 59.9 Å². The molecule has 2 atom stereocenters. The molecule has 12 aromatic rings. The first-order valence-corrected chi connectivity index (χ1v) is 23.4. The van der Waals surface area contributed by atoms with Crippen LogP contribution in [0.5, 0.6) is 0 Å². The number of hydrogen-bond acceptors (Lipinski definition) is 15. The van der Waals surface area contributed by atoms with E-state index in [0.29, 0.717) is 74.2 Å². The Balaban J connectivity index is 0.729. The topological polar surface area (TPSA) is 186 Å². The van der Waals surface area contributed by atoms with Gasteiger partial charge in [-0.2, -0.15) is 30.4 Å². The Labute approximate surface area is 404 Å². The summed E-state index contributed by atoms with van der Waals surface area (Å²) >= 11 is 0. The maximum Gasteiger partial charge on any atom is 0.273 e. The second kappa shape index (κ2) is 15.8. The molecule has 21 nitrogen and oxygen atoms in total. The third-order valence-electron chi connectivity index (χ3n) is 13.9. The fourth-order valence-corrected chi connectivity index (χ4v) is 10.4. The molecule has 10 aromatic heterocycles. The van der Waals surface area contributed by atoms with Gasteiger partial charge in [-0.25, -0.2) is 36.6 Å².